The van der Waals surface area contributed by atoms with E-state index in [0.717, 1.165) is 40.1 Å². The lowest BCUT2D eigenvalue weighted by Crippen LogP contribution is -2.42. The third-order valence-corrected chi connectivity index (χ3v) is 4.60. The molecule has 1 heterocycles. The minimum Gasteiger partial charge on any atom is -0.495 e. The van der Waals surface area contributed by atoms with E-state index in [1.54, 1.807) is 7.11 Å². The maximum atomic E-state index is 6.00. The molecular formula is C13H16BrNO3. The van der Waals surface area contributed by atoms with Gasteiger partial charge in [-0.3, -0.25) is 0 Å². The fraction of sp³-hybridized carbons (Fsp3) is 0.538. The molecular weight excluding hydrogens is 298 g/mol. The van der Waals surface area contributed by atoms with Gasteiger partial charge in [0.2, 0.25) is 6.79 Å². The number of hydrogen-bond donors (Lipinski definition) is 1. The van der Waals surface area contributed by atoms with Gasteiger partial charge in [-0.15, -0.1) is 0 Å². The van der Waals surface area contributed by atoms with Crippen LogP contribution in [-0.2, 0) is 5.41 Å². The summed E-state index contributed by atoms with van der Waals surface area (Å²) >= 11 is 3.53. The molecule has 5 heteroatoms. The Morgan fingerprint density at radius 3 is 2.78 bits per heavy atom. The molecule has 2 aliphatic rings. The van der Waals surface area contributed by atoms with Crippen molar-refractivity contribution in [2.24, 2.45) is 5.73 Å². The number of benzene rings is 1. The van der Waals surface area contributed by atoms with E-state index in [0.29, 0.717) is 6.54 Å². The third kappa shape index (κ3) is 1.53. The smallest absolute Gasteiger partial charge is 0.231 e. The zero-order valence-corrected chi connectivity index (χ0v) is 11.9. The van der Waals surface area contributed by atoms with Crippen molar-refractivity contribution in [2.75, 3.05) is 20.4 Å². The van der Waals surface area contributed by atoms with E-state index < -0.39 is 0 Å². The monoisotopic (exact) mass is 313 g/mol. The fourth-order valence-electron chi connectivity index (χ4n) is 2.84. The Morgan fingerprint density at radius 2 is 2.22 bits per heavy atom. The number of rotatable bonds is 3. The minimum atomic E-state index is -0.0209. The zero-order chi connectivity index (χ0) is 12.8. The van der Waals surface area contributed by atoms with Crippen LogP contribution in [0.3, 0.4) is 0 Å². The number of nitrogens with two attached hydrogens (primary N) is 1. The molecule has 0 aromatic heterocycles. The summed E-state index contributed by atoms with van der Waals surface area (Å²) in [6.45, 7) is 0.873. The second kappa shape index (κ2) is 4.31. The van der Waals surface area contributed by atoms with Gasteiger partial charge in [0, 0.05) is 23.6 Å². The molecule has 0 radical (unpaired) electrons. The van der Waals surface area contributed by atoms with Crippen molar-refractivity contribution < 1.29 is 14.2 Å². The van der Waals surface area contributed by atoms with Crippen LogP contribution < -0.4 is 19.9 Å². The van der Waals surface area contributed by atoms with Crippen molar-refractivity contribution in [3.8, 4) is 17.2 Å². The van der Waals surface area contributed by atoms with E-state index in [1.165, 1.54) is 6.42 Å². The third-order valence-electron chi connectivity index (χ3n) is 4.01. The van der Waals surface area contributed by atoms with Gasteiger partial charge >= 0.3 is 0 Å². The molecule has 18 heavy (non-hydrogen) atoms. The van der Waals surface area contributed by atoms with E-state index in [9.17, 15) is 0 Å². The quantitative estimate of drug-likeness (QED) is 0.932. The number of halogens is 1. The van der Waals surface area contributed by atoms with Crippen LogP contribution in [0.15, 0.2) is 10.5 Å². The van der Waals surface area contributed by atoms with Crippen LogP contribution >= 0.6 is 15.9 Å². The van der Waals surface area contributed by atoms with E-state index in [2.05, 4.69) is 15.9 Å². The molecule has 1 aromatic rings. The maximum Gasteiger partial charge on any atom is 0.231 e. The van der Waals surface area contributed by atoms with E-state index >= 15 is 0 Å². The number of ether oxygens (including phenoxy) is 3. The van der Waals surface area contributed by atoms with Gasteiger partial charge in [-0.2, -0.15) is 0 Å². The Bertz CT molecular complexity index is 476. The molecule has 1 fully saturated rings. The number of hydrogen-bond acceptors (Lipinski definition) is 4. The lowest BCUT2D eigenvalue weighted by molar-refractivity contribution is 0.167. The molecule has 1 aliphatic carbocycles. The van der Waals surface area contributed by atoms with Crippen molar-refractivity contribution in [1.29, 1.82) is 0 Å². The molecule has 4 nitrogen and oxygen atoms in total. The number of methoxy groups -OCH3 is 1. The maximum absolute atomic E-state index is 6.00. The Labute approximate surface area is 115 Å². The summed E-state index contributed by atoms with van der Waals surface area (Å²) in [6, 6.07) is 1.90. The zero-order valence-electron chi connectivity index (χ0n) is 10.3. The van der Waals surface area contributed by atoms with Crippen LogP contribution in [0.4, 0.5) is 0 Å². The van der Waals surface area contributed by atoms with Gasteiger partial charge < -0.3 is 19.9 Å². The SMILES string of the molecule is COc1c(Br)cc2c(c1C1(CN)CCC1)OCO2. The van der Waals surface area contributed by atoms with Crippen molar-refractivity contribution in [3.05, 3.63) is 16.1 Å². The largest absolute Gasteiger partial charge is 0.495 e. The van der Waals surface area contributed by atoms with Gasteiger partial charge in [0.25, 0.3) is 0 Å². The second-order valence-electron chi connectivity index (χ2n) is 4.84. The summed E-state index contributed by atoms with van der Waals surface area (Å²) in [7, 11) is 1.68. The average molecular weight is 314 g/mol. The van der Waals surface area contributed by atoms with Crippen molar-refractivity contribution in [2.45, 2.75) is 24.7 Å². The van der Waals surface area contributed by atoms with Crippen molar-refractivity contribution in [1.82, 2.24) is 0 Å². The molecule has 3 rings (SSSR count). The first-order valence-corrected chi connectivity index (χ1v) is 6.88. The Morgan fingerprint density at radius 1 is 1.44 bits per heavy atom. The van der Waals surface area contributed by atoms with Crippen LogP contribution in [0.2, 0.25) is 0 Å². The predicted octanol–water partition coefficient (Wildman–Crippen LogP) is 2.57. The second-order valence-corrected chi connectivity index (χ2v) is 5.69. The first-order chi connectivity index (χ1) is 8.72. The van der Waals surface area contributed by atoms with Gasteiger partial charge in [0.05, 0.1) is 11.6 Å². The lowest BCUT2D eigenvalue weighted by atomic mass is 9.64. The summed E-state index contributed by atoms with van der Waals surface area (Å²) in [6.07, 6.45) is 3.35. The molecule has 0 amide bonds. The summed E-state index contributed by atoms with van der Waals surface area (Å²) in [5, 5.41) is 0. The molecule has 1 aliphatic heterocycles. The molecule has 2 N–H and O–H groups in total. The Kier molecular flexibility index (Phi) is 2.90. The molecule has 0 spiro atoms. The Balaban J connectivity index is 2.22. The highest BCUT2D eigenvalue weighted by atomic mass is 79.9. The topological polar surface area (TPSA) is 53.7 Å². The lowest BCUT2D eigenvalue weighted by Gasteiger charge is -2.42. The van der Waals surface area contributed by atoms with E-state index in [1.807, 2.05) is 6.07 Å². The first-order valence-electron chi connectivity index (χ1n) is 6.08. The van der Waals surface area contributed by atoms with E-state index in [-0.39, 0.29) is 12.2 Å². The molecule has 1 aromatic carbocycles. The summed E-state index contributed by atoms with van der Waals surface area (Å²) in [5.74, 6) is 2.40. The number of fused-ring (bicyclic) bond motifs is 1. The summed E-state index contributed by atoms with van der Waals surface area (Å²) in [5.41, 5.74) is 7.05. The van der Waals surface area contributed by atoms with Crippen LogP contribution in [0, 0.1) is 0 Å². The van der Waals surface area contributed by atoms with Crippen LogP contribution in [0.25, 0.3) is 0 Å². The van der Waals surface area contributed by atoms with Crippen molar-refractivity contribution in [3.63, 3.8) is 0 Å². The van der Waals surface area contributed by atoms with Crippen molar-refractivity contribution >= 4 is 15.9 Å². The molecule has 0 atom stereocenters. The predicted molar refractivity (Wildman–Crippen MR) is 71.4 cm³/mol. The summed E-state index contributed by atoms with van der Waals surface area (Å²) < 4.78 is 17.6. The average Bonchev–Trinajstić information content (AvgIpc) is 2.75. The highest BCUT2D eigenvalue weighted by molar-refractivity contribution is 9.10. The standard InChI is InChI=1S/C13H16BrNO3/c1-16-11-8(14)5-9-12(18-7-17-9)10(11)13(6-15)3-2-4-13/h5H,2-4,6-7,15H2,1H3. The van der Waals surface area contributed by atoms with E-state index in [4.69, 9.17) is 19.9 Å². The fourth-order valence-corrected chi connectivity index (χ4v) is 3.40. The molecule has 0 saturated heterocycles. The van der Waals surface area contributed by atoms with Gasteiger partial charge in [-0.1, -0.05) is 6.42 Å². The minimum absolute atomic E-state index is 0.0209. The van der Waals surface area contributed by atoms with Gasteiger partial charge in [0.15, 0.2) is 11.5 Å². The highest BCUT2D eigenvalue weighted by Gasteiger charge is 2.44. The van der Waals surface area contributed by atoms with Gasteiger partial charge in [-0.05, 0) is 28.8 Å². The van der Waals surface area contributed by atoms with Gasteiger partial charge in [0.1, 0.15) is 5.75 Å². The summed E-state index contributed by atoms with van der Waals surface area (Å²) in [4.78, 5) is 0. The molecule has 0 unspecified atom stereocenters. The highest BCUT2D eigenvalue weighted by Crippen LogP contribution is 2.56. The van der Waals surface area contributed by atoms with Crippen LogP contribution in [0.1, 0.15) is 24.8 Å². The normalized spacial score (nSPS) is 19.5. The molecule has 1 saturated carbocycles. The van der Waals surface area contributed by atoms with Crippen LogP contribution in [-0.4, -0.2) is 20.4 Å². The van der Waals surface area contributed by atoms with Gasteiger partial charge in [-0.25, -0.2) is 0 Å². The first kappa shape index (κ1) is 12.1. The van der Waals surface area contributed by atoms with Crippen LogP contribution in [0.5, 0.6) is 17.2 Å². The Hall–Kier alpha value is -0.940. The molecule has 98 valence electrons. The molecule has 0 bridgehead atoms.